The molecule has 0 saturated carbocycles. The van der Waals surface area contributed by atoms with Crippen molar-refractivity contribution in [1.29, 1.82) is 0 Å². The fourth-order valence-electron chi connectivity index (χ4n) is 21.2. The predicted molar refractivity (Wildman–Crippen MR) is 615 cm³/mol. The number of para-hydroxylation sites is 2. The summed E-state index contributed by atoms with van der Waals surface area (Å²) in [4.78, 5) is 44.6. The van der Waals surface area contributed by atoms with Gasteiger partial charge in [-0.3, -0.25) is 0 Å². The Hall–Kier alpha value is -20.1. The molecular weight excluding hydrogens is 1850 g/mol. The van der Waals surface area contributed by atoms with E-state index in [0.29, 0.717) is 52.4 Å². The normalized spacial score (nSPS) is 11.6. The molecule has 150 heavy (non-hydrogen) atoms. The zero-order chi connectivity index (χ0) is 99.1. The maximum absolute atomic E-state index is 6.66. The van der Waals surface area contributed by atoms with E-state index in [-0.39, 0.29) is 0 Å². The van der Waals surface area contributed by atoms with Crippen LogP contribution < -0.4 is 0 Å². The lowest BCUT2D eigenvalue weighted by Crippen LogP contribution is -2.01. The summed E-state index contributed by atoms with van der Waals surface area (Å²) in [5.74, 6) is 5.73. The van der Waals surface area contributed by atoms with Gasteiger partial charge in [-0.1, -0.05) is 400 Å². The molecule has 15 heteroatoms. The highest BCUT2D eigenvalue weighted by molar-refractivity contribution is 7.26. The van der Waals surface area contributed by atoms with Crippen LogP contribution in [0.15, 0.2) is 518 Å². The molecule has 0 aliphatic heterocycles. The lowest BCUT2D eigenvalue weighted by molar-refractivity contribution is 0.670. The third-order valence-electron chi connectivity index (χ3n) is 28.4. The lowest BCUT2D eigenvalue weighted by atomic mass is 10.0. The van der Waals surface area contributed by atoms with Gasteiger partial charge in [0.15, 0.2) is 63.6 Å². The molecule has 0 fully saturated rings. The highest BCUT2D eigenvalue weighted by Gasteiger charge is 2.27. The number of benzene rings is 21. The molecule has 21 aromatic carbocycles. The molecule has 0 amide bonds. The molecule has 30 aromatic rings. The number of hydrogen-bond acceptors (Lipinski definition) is 12. The molecule has 0 unspecified atom stereocenters. The van der Waals surface area contributed by atoms with Gasteiger partial charge >= 0.3 is 0 Å². The minimum Gasteiger partial charge on any atom is -0.454 e. The zero-order valence-corrected chi connectivity index (χ0v) is 81.4. The fourth-order valence-corrected chi connectivity index (χ4v) is 22.4. The van der Waals surface area contributed by atoms with E-state index in [4.69, 9.17) is 53.7 Å². The van der Waals surface area contributed by atoms with Crippen LogP contribution in [0.5, 0.6) is 0 Å². The van der Waals surface area contributed by atoms with Gasteiger partial charge in [-0.2, -0.15) is 0 Å². The Morgan fingerprint density at radius 1 is 0.153 bits per heavy atom. The average Bonchev–Trinajstić information content (AvgIpc) is 1.56. The number of furan rings is 2. The summed E-state index contributed by atoms with van der Waals surface area (Å²) in [5, 5.41) is 14.1. The Balaban J connectivity index is 0.000000108. The summed E-state index contributed by atoms with van der Waals surface area (Å²) in [6, 6.07) is 177. The van der Waals surface area contributed by atoms with E-state index in [2.05, 4.69) is 317 Å². The van der Waals surface area contributed by atoms with E-state index in [9.17, 15) is 0 Å². The van der Waals surface area contributed by atoms with Crippen molar-refractivity contribution in [2.45, 2.75) is 0 Å². The van der Waals surface area contributed by atoms with Crippen molar-refractivity contribution in [1.82, 2.24) is 58.6 Å². The van der Waals surface area contributed by atoms with Crippen LogP contribution in [0.4, 0.5) is 0 Å². The van der Waals surface area contributed by atoms with Crippen molar-refractivity contribution in [2.24, 2.45) is 0 Å². The zero-order valence-electron chi connectivity index (χ0n) is 80.6. The van der Waals surface area contributed by atoms with Crippen molar-refractivity contribution >= 4 is 141 Å². The van der Waals surface area contributed by atoms with Crippen LogP contribution in [0.1, 0.15) is 0 Å². The van der Waals surface area contributed by atoms with Crippen molar-refractivity contribution in [3.8, 4) is 153 Å². The molecule has 0 spiro atoms. The van der Waals surface area contributed by atoms with Crippen molar-refractivity contribution in [3.63, 3.8) is 0 Å². The number of rotatable bonds is 15. The second-order valence-corrected chi connectivity index (χ2v) is 38.4. The Bertz CT molecular complexity index is 9860. The Kier molecular flexibility index (Phi) is 21.8. The monoisotopic (exact) mass is 1940 g/mol. The van der Waals surface area contributed by atoms with Crippen molar-refractivity contribution < 1.29 is 8.83 Å². The molecule has 0 aliphatic carbocycles. The molecular formula is C135H84N12O2S. The molecule has 0 radical (unpaired) electrons. The van der Waals surface area contributed by atoms with Gasteiger partial charge < -0.3 is 22.5 Å². The molecule has 0 bridgehead atoms. The summed E-state index contributed by atoms with van der Waals surface area (Å²) in [5.41, 5.74) is 28.7. The SMILES string of the molecule is c1ccc(-c2ccc3c4ccc5c6ccccc6oc5c4n(-c4ccc(-c5nc(-c6ccccc6)nc(-c6ccccc6)n5)cc4)c3c2)cc1.c1ccc(-c2ccc3c4ccc5c6ccccc6oc5c4n(-c4cccc(-c5nc(-c6ccccc6)nc(-c6ccccc6)n5)c4)c3c2)cc1.c1ccc(-c2ccc3c4ccc5c6ccccc6sc5c4n(-c4ccc(-c5nc(-c6ccccc6)nc(-c6ccccc6)n5)cc4)c3c2)cc1. The summed E-state index contributed by atoms with van der Waals surface area (Å²) in [7, 11) is 0. The van der Waals surface area contributed by atoms with E-state index in [1.54, 1.807) is 0 Å². The number of aromatic nitrogens is 12. The quantitative estimate of drug-likeness (QED) is 0.0962. The van der Waals surface area contributed by atoms with Crippen LogP contribution in [0.2, 0.25) is 0 Å². The van der Waals surface area contributed by atoms with Gasteiger partial charge in [-0.05, 0) is 143 Å². The van der Waals surface area contributed by atoms with E-state index >= 15 is 0 Å². The van der Waals surface area contributed by atoms with Crippen LogP contribution in [0.3, 0.4) is 0 Å². The molecule has 0 saturated heterocycles. The number of hydrogen-bond donors (Lipinski definition) is 0. The highest BCUT2D eigenvalue weighted by atomic mass is 32.1. The number of nitrogens with zero attached hydrogens (tertiary/aromatic N) is 12. The van der Waals surface area contributed by atoms with E-state index in [0.717, 1.165) is 160 Å². The van der Waals surface area contributed by atoms with Gasteiger partial charge in [0.05, 0.1) is 37.8 Å². The van der Waals surface area contributed by atoms with Gasteiger partial charge in [-0.15, -0.1) is 11.3 Å². The summed E-state index contributed by atoms with van der Waals surface area (Å²) in [6.07, 6.45) is 0. The second-order valence-electron chi connectivity index (χ2n) is 37.4. The highest BCUT2D eigenvalue weighted by Crippen LogP contribution is 2.49. The Labute approximate surface area is 864 Å². The molecule has 9 heterocycles. The van der Waals surface area contributed by atoms with Gasteiger partial charge in [-0.25, -0.2) is 44.9 Å². The fraction of sp³-hybridized carbons (Fsp3) is 0. The van der Waals surface area contributed by atoms with Gasteiger partial charge in [0.1, 0.15) is 11.2 Å². The minimum atomic E-state index is 0.610. The van der Waals surface area contributed by atoms with Crippen molar-refractivity contribution in [3.05, 3.63) is 510 Å². The maximum Gasteiger partial charge on any atom is 0.164 e. The summed E-state index contributed by atoms with van der Waals surface area (Å²) < 4.78 is 23.0. The molecule has 14 nitrogen and oxygen atoms in total. The minimum absolute atomic E-state index is 0.610. The summed E-state index contributed by atoms with van der Waals surface area (Å²) >= 11 is 1.87. The van der Waals surface area contributed by atoms with Gasteiger partial charge in [0.25, 0.3) is 0 Å². The number of thiophene rings is 1. The molecule has 30 rings (SSSR count). The maximum atomic E-state index is 6.66. The van der Waals surface area contributed by atoms with Crippen LogP contribution >= 0.6 is 11.3 Å². The summed E-state index contributed by atoms with van der Waals surface area (Å²) in [6.45, 7) is 0. The predicted octanol–water partition coefficient (Wildman–Crippen LogP) is 35.1. The van der Waals surface area contributed by atoms with Crippen LogP contribution in [0, 0.1) is 0 Å². The Morgan fingerprint density at radius 2 is 0.400 bits per heavy atom. The molecule has 0 N–H and O–H groups in total. The standard InChI is InChI=1S/2C45H28N4O.C45H28N4S/c1-4-13-29(14-5-1)32-23-24-35-37-25-26-38-36-21-10-11-22-40(36)50-42(38)41(37)49(39(35)28-32)34-20-12-19-33(27-34)45-47-43(30-15-6-2-7-16-30)46-44(48-45)31-17-8-3-9-18-31;2*1-4-12-29(13-5-1)33-22-25-35-37-26-27-38-36-18-10-11-19-40(36)50-42(38)41(37)49(39(35)28-33)34-23-20-32(21-24-34)45-47-43(30-14-6-2-7-15-30)46-44(48-45)31-16-8-3-9-17-31/h3*1-28H. The van der Waals surface area contributed by atoms with E-state index in [1.807, 2.05) is 218 Å². The third-order valence-corrected chi connectivity index (χ3v) is 29.6. The van der Waals surface area contributed by atoms with Gasteiger partial charge in [0.2, 0.25) is 0 Å². The van der Waals surface area contributed by atoms with Crippen molar-refractivity contribution in [2.75, 3.05) is 0 Å². The molecule has 0 aliphatic rings. The number of fused-ring (bicyclic) bond motifs is 21. The first-order chi connectivity index (χ1) is 74.3. The van der Waals surface area contributed by atoms with Crippen LogP contribution in [-0.4, -0.2) is 58.6 Å². The molecule has 9 aromatic heterocycles. The Morgan fingerprint density at radius 3 is 0.747 bits per heavy atom. The van der Waals surface area contributed by atoms with E-state index < -0.39 is 0 Å². The first kappa shape index (κ1) is 87.6. The molecule has 0 atom stereocenters. The third kappa shape index (κ3) is 15.8. The molecule has 702 valence electrons. The van der Waals surface area contributed by atoms with E-state index in [1.165, 1.54) is 69.6 Å². The lowest BCUT2D eigenvalue weighted by Gasteiger charge is -2.12. The van der Waals surface area contributed by atoms with Gasteiger partial charge in [0, 0.05) is 136 Å². The average molecular weight is 1940 g/mol. The second kappa shape index (κ2) is 37.2. The largest absolute Gasteiger partial charge is 0.454 e. The smallest absolute Gasteiger partial charge is 0.164 e. The first-order valence-corrected chi connectivity index (χ1v) is 50.9. The first-order valence-electron chi connectivity index (χ1n) is 50.1. The van der Waals surface area contributed by atoms with Crippen LogP contribution in [-0.2, 0) is 0 Å². The topological polar surface area (TPSA) is 157 Å². The van der Waals surface area contributed by atoms with Crippen LogP contribution in [0.25, 0.3) is 282 Å².